The highest BCUT2D eigenvalue weighted by atomic mass is 16.5. The van der Waals surface area contributed by atoms with E-state index in [0.717, 1.165) is 5.56 Å². The van der Waals surface area contributed by atoms with Crippen LogP contribution in [0.15, 0.2) is 34.9 Å². The first-order valence-corrected chi connectivity index (χ1v) is 7.70. The van der Waals surface area contributed by atoms with Gasteiger partial charge in [-0.3, -0.25) is 4.79 Å². The molecule has 1 heterocycles. The Morgan fingerprint density at radius 3 is 2.67 bits per heavy atom. The smallest absolute Gasteiger partial charge is 0.315 e. The van der Waals surface area contributed by atoms with Crippen LogP contribution in [0.1, 0.15) is 27.4 Å². The number of carbonyl (C=O) groups is 2. The molecule has 1 aromatic carbocycles. The fourth-order valence-electron chi connectivity index (χ4n) is 2.17. The second kappa shape index (κ2) is 8.14. The van der Waals surface area contributed by atoms with Gasteiger partial charge in [0.15, 0.2) is 0 Å². The topological polar surface area (TPSA) is 87.5 Å². The highest BCUT2D eigenvalue weighted by Crippen LogP contribution is 2.07. The third kappa shape index (κ3) is 5.12. The Bertz CT molecular complexity index is 709. The van der Waals surface area contributed by atoms with Gasteiger partial charge in [0.1, 0.15) is 11.5 Å². The zero-order valence-corrected chi connectivity index (χ0v) is 14.1. The minimum atomic E-state index is -0.267. The van der Waals surface area contributed by atoms with Gasteiger partial charge in [-0.1, -0.05) is 17.3 Å². The maximum atomic E-state index is 11.9. The first-order chi connectivity index (χ1) is 11.5. The summed E-state index contributed by atoms with van der Waals surface area (Å²) in [6.07, 6.45) is 0.644. The average Bonchev–Trinajstić information content (AvgIpc) is 2.98. The molecule has 2 N–H and O–H groups in total. The molecule has 0 spiro atoms. The summed E-state index contributed by atoms with van der Waals surface area (Å²) in [6.45, 7) is 2.59. The normalized spacial score (nSPS) is 10.3. The van der Waals surface area contributed by atoms with Crippen LogP contribution >= 0.6 is 0 Å². The number of carbonyl (C=O) groups excluding carboxylic acids is 2. The Labute approximate surface area is 141 Å². The van der Waals surface area contributed by atoms with E-state index in [1.54, 1.807) is 33.2 Å². The lowest BCUT2D eigenvalue weighted by Gasteiger charge is -2.11. The third-order valence-electron chi connectivity index (χ3n) is 3.39. The second-order valence-electron chi connectivity index (χ2n) is 5.69. The van der Waals surface area contributed by atoms with Gasteiger partial charge in [-0.2, -0.15) is 0 Å². The van der Waals surface area contributed by atoms with Gasteiger partial charge in [-0.15, -0.1) is 0 Å². The van der Waals surface area contributed by atoms with Crippen LogP contribution < -0.4 is 10.6 Å². The quantitative estimate of drug-likeness (QED) is 0.844. The van der Waals surface area contributed by atoms with Crippen LogP contribution in [0.5, 0.6) is 0 Å². The molecule has 0 atom stereocenters. The van der Waals surface area contributed by atoms with E-state index < -0.39 is 0 Å². The molecule has 0 radical (unpaired) electrons. The summed E-state index contributed by atoms with van der Waals surface area (Å²) in [5.74, 6) is 0.671. The number of aromatic nitrogens is 1. The highest BCUT2D eigenvalue weighted by molar-refractivity contribution is 5.94. The summed E-state index contributed by atoms with van der Waals surface area (Å²) >= 11 is 0. The zero-order chi connectivity index (χ0) is 17.5. The summed E-state index contributed by atoms with van der Waals surface area (Å²) in [5.41, 5.74) is 2.32. The largest absolute Gasteiger partial charge is 0.361 e. The lowest BCUT2D eigenvalue weighted by Crippen LogP contribution is -2.36. The van der Waals surface area contributed by atoms with Crippen molar-refractivity contribution in [1.29, 1.82) is 0 Å². The van der Waals surface area contributed by atoms with E-state index in [4.69, 9.17) is 4.52 Å². The van der Waals surface area contributed by atoms with E-state index in [9.17, 15) is 9.59 Å². The van der Waals surface area contributed by atoms with E-state index >= 15 is 0 Å². The van der Waals surface area contributed by atoms with Crippen molar-refractivity contribution in [3.63, 3.8) is 0 Å². The van der Waals surface area contributed by atoms with Gasteiger partial charge in [0.2, 0.25) is 0 Å². The van der Waals surface area contributed by atoms with Crippen LogP contribution in [0.25, 0.3) is 0 Å². The molecule has 2 rings (SSSR count). The first-order valence-electron chi connectivity index (χ1n) is 7.70. The van der Waals surface area contributed by atoms with Crippen molar-refractivity contribution in [2.24, 2.45) is 0 Å². The second-order valence-corrected chi connectivity index (χ2v) is 5.69. The van der Waals surface area contributed by atoms with Gasteiger partial charge < -0.3 is 20.1 Å². The number of hydrogen-bond acceptors (Lipinski definition) is 4. The number of nitrogens with one attached hydrogen (secondary N) is 2. The summed E-state index contributed by atoms with van der Waals surface area (Å²) < 4.78 is 4.93. The number of amides is 3. The number of hydrogen-bond donors (Lipinski definition) is 2. The van der Waals surface area contributed by atoms with Gasteiger partial charge in [-0.25, -0.2) is 4.79 Å². The predicted molar refractivity (Wildman–Crippen MR) is 89.6 cm³/mol. The van der Waals surface area contributed by atoms with Gasteiger partial charge in [0.25, 0.3) is 5.91 Å². The standard InChI is InChI=1S/C17H22N4O3/c1-12-9-15(20-24-12)11-19-17(23)18-8-7-13-5-4-6-14(10-13)16(22)21(2)3/h4-6,9-10H,7-8,11H2,1-3H3,(H2,18,19,23). The van der Waals surface area contributed by atoms with Crippen molar-refractivity contribution in [1.82, 2.24) is 20.7 Å². The molecular weight excluding hydrogens is 308 g/mol. The van der Waals surface area contributed by atoms with Crippen molar-refractivity contribution in [3.05, 3.63) is 52.9 Å². The third-order valence-corrected chi connectivity index (χ3v) is 3.39. The highest BCUT2D eigenvalue weighted by Gasteiger charge is 2.08. The SMILES string of the molecule is Cc1cc(CNC(=O)NCCc2cccc(C(=O)N(C)C)c2)no1. The fourth-order valence-corrected chi connectivity index (χ4v) is 2.17. The Hall–Kier alpha value is -2.83. The molecule has 24 heavy (non-hydrogen) atoms. The molecular formula is C17H22N4O3. The van der Waals surface area contributed by atoms with Crippen LogP contribution in [0, 0.1) is 6.92 Å². The molecule has 0 aliphatic heterocycles. The van der Waals surface area contributed by atoms with E-state index in [0.29, 0.717) is 36.5 Å². The van der Waals surface area contributed by atoms with E-state index in [2.05, 4.69) is 15.8 Å². The van der Waals surface area contributed by atoms with Gasteiger partial charge in [0.05, 0.1) is 6.54 Å². The molecule has 0 unspecified atom stereocenters. The number of rotatable bonds is 6. The van der Waals surface area contributed by atoms with Crippen LogP contribution in [-0.4, -0.2) is 42.6 Å². The molecule has 7 nitrogen and oxygen atoms in total. The van der Waals surface area contributed by atoms with Gasteiger partial charge >= 0.3 is 6.03 Å². The van der Waals surface area contributed by atoms with Crippen molar-refractivity contribution < 1.29 is 14.1 Å². The summed E-state index contributed by atoms with van der Waals surface area (Å²) in [6, 6.07) is 8.92. The van der Waals surface area contributed by atoms with Crippen molar-refractivity contribution in [2.75, 3.05) is 20.6 Å². The van der Waals surface area contributed by atoms with Crippen molar-refractivity contribution in [3.8, 4) is 0 Å². The van der Waals surface area contributed by atoms with Crippen LogP contribution in [0.3, 0.4) is 0 Å². The van der Waals surface area contributed by atoms with Gasteiger partial charge in [-0.05, 0) is 31.0 Å². The summed E-state index contributed by atoms with van der Waals surface area (Å²) in [4.78, 5) is 25.2. The molecule has 128 valence electrons. The molecule has 3 amide bonds. The Kier molecular flexibility index (Phi) is 5.95. The lowest BCUT2D eigenvalue weighted by atomic mass is 10.1. The average molecular weight is 330 g/mol. The fraction of sp³-hybridized carbons (Fsp3) is 0.353. The molecule has 0 bridgehead atoms. The first kappa shape index (κ1) is 17.5. The molecule has 1 aromatic heterocycles. The Morgan fingerprint density at radius 2 is 2.00 bits per heavy atom. The molecule has 7 heteroatoms. The lowest BCUT2D eigenvalue weighted by molar-refractivity contribution is 0.0827. The predicted octanol–water partition coefficient (Wildman–Crippen LogP) is 1.73. The van der Waals surface area contributed by atoms with Crippen molar-refractivity contribution >= 4 is 11.9 Å². The van der Waals surface area contributed by atoms with E-state index in [1.165, 1.54) is 4.90 Å². The molecule has 0 saturated carbocycles. The van der Waals surface area contributed by atoms with Crippen LogP contribution in [0.4, 0.5) is 4.79 Å². The maximum absolute atomic E-state index is 11.9. The number of urea groups is 1. The maximum Gasteiger partial charge on any atom is 0.315 e. The monoisotopic (exact) mass is 330 g/mol. The Balaban J connectivity index is 1.76. The number of aryl methyl sites for hydroxylation is 1. The Morgan fingerprint density at radius 1 is 1.21 bits per heavy atom. The molecule has 0 fully saturated rings. The van der Waals surface area contributed by atoms with E-state index in [-0.39, 0.29) is 11.9 Å². The van der Waals surface area contributed by atoms with Crippen LogP contribution in [0.2, 0.25) is 0 Å². The van der Waals surface area contributed by atoms with Crippen molar-refractivity contribution in [2.45, 2.75) is 19.9 Å². The molecule has 0 aliphatic carbocycles. The minimum Gasteiger partial charge on any atom is -0.361 e. The number of nitrogens with zero attached hydrogens (tertiary/aromatic N) is 2. The summed E-state index contributed by atoms with van der Waals surface area (Å²) in [5, 5.41) is 9.29. The van der Waals surface area contributed by atoms with Gasteiger partial charge in [0, 0.05) is 32.3 Å². The van der Waals surface area contributed by atoms with Crippen LogP contribution in [-0.2, 0) is 13.0 Å². The van der Waals surface area contributed by atoms with E-state index in [1.807, 2.05) is 18.2 Å². The number of benzene rings is 1. The molecule has 2 aromatic rings. The zero-order valence-electron chi connectivity index (χ0n) is 14.1. The molecule has 0 aliphatic rings. The molecule has 0 saturated heterocycles. The minimum absolute atomic E-state index is 0.0366. The summed E-state index contributed by atoms with van der Waals surface area (Å²) in [7, 11) is 3.44.